The van der Waals surface area contributed by atoms with Gasteiger partial charge in [0.25, 0.3) is 5.89 Å². The van der Waals surface area contributed by atoms with Crippen LogP contribution in [-0.2, 0) is 10.4 Å². The Balaban J connectivity index is 1.59. The Bertz CT molecular complexity index is 1000. The Kier molecular flexibility index (Phi) is 4.34. The topological polar surface area (TPSA) is 81.2 Å². The minimum Gasteiger partial charge on any atom is -0.492 e. The van der Waals surface area contributed by atoms with Crippen molar-refractivity contribution in [1.82, 2.24) is 10.1 Å². The summed E-state index contributed by atoms with van der Waals surface area (Å²) in [5.74, 6) is 1.20. The fourth-order valence-corrected chi connectivity index (χ4v) is 2.86. The van der Waals surface area contributed by atoms with Gasteiger partial charge in [0.1, 0.15) is 11.8 Å². The fourth-order valence-electron chi connectivity index (χ4n) is 2.86. The van der Waals surface area contributed by atoms with Crippen LogP contribution in [0, 0.1) is 11.3 Å². The number of benzene rings is 2. The van der Waals surface area contributed by atoms with Crippen LogP contribution in [0.1, 0.15) is 18.1 Å². The van der Waals surface area contributed by atoms with Crippen molar-refractivity contribution >= 4 is 0 Å². The number of ether oxygens (including phenoxy) is 2. The first kappa shape index (κ1) is 17.2. The van der Waals surface area contributed by atoms with Crippen LogP contribution in [0.25, 0.3) is 22.8 Å². The van der Waals surface area contributed by atoms with Crippen LogP contribution in [0.2, 0.25) is 0 Å². The van der Waals surface area contributed by atoms with Gasteiger partial charge in [-0.15, -0.1) is 0 Å². The van der Waals surface area contributed by atoms with E-state index in [1.807, 2.05) is 6.92 Å². The molecular weight excluding hydrogens is 349 g/mol. The summed E-state index contributed by atoms with van der Waals surface area (Å²) in [5.41, 5.74) is 0.904. The van der Waals surface area contributed by atoms with Crippen LogP contribution in [0.15, 0.2) is 47.0 Å². The molecule has 1 aliphatic rings. The molecule has 1 fully saturated rings. The molecule has 0 atom stereocenters. The molecule has 7 heteroatoms. The van der Waals surface area contributed by atoms with Crippen molar-refractivity contribution in [2.45, 2.75) is 12.6 Å². The lowest BCUT2D eigenvalue weighted by Gasteiger charge is -2.34. The molecule has 0 amide bonds. The highest BCUT2D eigenvalue weighted by Crippen LogP contribution is 2.35. The number of hydrogen-bond donors (Lipinski definition) is 0. The van der Waals surface area contributed by atoms with Gasteiger partial charge in [-0.2, -0.15) is 10.2 Å². The van der Waals surface area contributed by atoms with Crippen molar-refractivity contribution in [2.24, 2.45) is 0 Å². The lowest BCUT2D eigenvalue weighted by Crippen LogP contribution is -2.42. The average molecular weight is 365 g/mol. The quantitative estimate of drug-likeness (QED) is 0.683. The summed E-state index contributed by atoms with van der Waals surface area (Å²) in [6, 6.07) is 14.1. The number of nitrogens with zero attached hydrogens (tertiary/aromatic N) is 3. The standard InChI is InChI=1S/C20H16FN3O3/c1-2-26-17-8-5-14(9-15(17)10-22)19-23-18(24-27-19)13-3-6-16(7-4-13)20(21)11-25-12-20/h3-9H,2,11-12H2,1H3. The highest BCUT2D eigenvalue weighted by atomic mass is 19.1. The molecule has 0 unspecified atom stereocenters. The largest absolute Gasteiger partial charge is 0.492 e. The molecule has 1 aliphatic heterocycles. The van der Waals surface area contributed by atoms with E-state index in [0.717, 1.165) is 0 Å². The zero-order chi connectivity index (χ0) is 18.9. The molecule has 2 heterocycles. The maximum absolute atomic E-state index is 14.3. The van der Waals surface area contributed by atoms with Gasteiger partial charge in [-0.25, -0.2) is 4.39 Å². The van der Waals surface area contributed by atoms with Crippen LogP contribution >= 0.6 is 0 Å². The van der Waals surface area contributed by atoms with E-state index in [0.29, 0.717) is 46.3 Å². The van der Waals surface area contributed by atoms with E-state index in [1.165, 1.54) is 0 Å². The van der Waals surface area contributed by atoms with Gasteiger partial charge in [-0.05, 0) is 30.7 Å². The van der Waals surface area contributed by atoms with Crippen molar-refractivity contribution in [1.29, 1.82) is 5.26 Å². The van der Waals surface area contributed by atoms with Gasteiger partial charge in [0.2, 0.25) is 5.82 Å². The van der Waals surface area contributed by atoms with Gasteiger partial charge < -0.3 is 14.0 Å². The zero-order valence-electron chi connectivity index (χ0n) is 14.6. The molecule has 0 aliphatic carbocycles. The van der Waals surface area contributed by atoms with Crippen LogP contribution in [-0.4, -0.2) is 30.0 Å². The summed E-state index contributed by atoms with van der Waals surface area (Å²) >= 11 is 0. The molecule has 0 spiro atoms. The lowest BCUT2D eigenvalue weighted by atomic mass is 9.93. The summed E-state index contributed by atoms with van der Waals surface area (Å²) in [5, 5.41) is 13.3. The number of nitriles is 1. The van der Waals surface area contributed by atoms with E-state index in [9.17, 15) is 9.65 Å². The normalized spacial score (nSPS) is 15.0. The van der Waals surface area contributed by atoms with E-state index in [1.54, 1.807) is 42.5 Å². The molecule has 0 saturated carbocycles. The molecule has 0 radical (unpaired) electrons. The molecule has 27 heavy (non-hydrogen) atoms. The van der Waals surface area contributed by atoms with Gasteiger partial charge in [-0.3, -0.25) is 0 Å². The molecule has 0 bridgehead atoms. The van der Waals surface area contributed by atoms with Gasteiger partial charge in [0.05, 0.1) is 25.4 Å². The molecule has 3 aromatic rings. The second kappa shape index (κ2) is 6.82. The second-order valence-corrected chi connectivity index (χ2v) is 6.21. The third kappa shape index (κ3) is 3.15. The number of halogens is 1. The molecule has 1 aromatic heterocycles. The van der Waals surface area contributed by atoms with E-state index in [-0.39, 0.29) is 13.2 Å². The summed E-state index contributed by atoms with van der Waals surface area (Å²) in [6.45, 7) is 2.49. The van der Waals surface area contributed by atoms with E-state index in [4.69, 9.17) is 14.0 Å². The van der Waals surface area contributed by atoms with Gasteiger partial charge >= 0.3 is 0 Å². The SMILES string of the molecule is CCOc1ccc(-c2nc(-c3ccc(C4(F)COC4)cc3)no2)cc1C#N. The first-order valence-electron chi connectivity index (χ1n) is 8.51. The number of aromatic nitrogens is 2. The Labute approximate surface area is 155 Å². The Morgan fingerprint density at radius 3 is 2.56 bits per heavy atom. The predicted octanol–water partition coefficient (Wildman–Crippen LogP) is 3.87. The molecule has 2 aromatic carbocycles. The number of hydrogen-bond acceptors (Lipinski definition) is 6. The Morgan fingerprint density at radius 1 is 1.19 bits per heavy atom. The van der Waals surface area contributed by atoms with Crippen molar-refractivity contribution in [2.75, 3.05) is 19.8 Å². The predicted molar refractivity (Wildman–Crippen MR) is 94.7 cm³/mol. The summed E-state index contributed by atoms with van der Waals surface area (Å²) in [6.07, 6.45) is 0. The number of rotatable bonds is 5. The third-order valence-electron chi connectivity index (χ3n) is 4.39. The smallest absolute Gasteiger partial charge is 0.258 e. The van der Waals surface area contributed by atoms with E-state index >= 15 is 0 Å². The summed E-state index contributed by atoms with van der Waals surface area (Å²) in [4.78, 5) is 4.38. The highest BCUT2D eigenvalue weighted by Gasteiger charge is 2.40. The van der Waals surface area contributed by atoms with Crippen molar-refractivity contribution in [3.8, 4) is 34.7 Å². The number of alkyl halides is 1. The average Bonchev–Trinajstić information content (AvgIpc) is 3.17. The Hall–Kier alpha value is -3.24. The van der Waals surface area contributed by atoms with Crippen LogP contribution in [0.3, 0.4) is 0 Å². The zero-order valence-corrected chi connectivity index (χ0v) is 14.6. The molecule has 6 nitrogen and oxygen atoms in total. The summed E-state index contributed by atoms with van der Waals surface area (Å²) in [7, 11) is 0. The van der Waals surface area contributed by atoms with Gasteiger partial charge in [0.15, 0.2) is 5.67 Å². The van der Waals surface area contributed by atoms with E-state index < -0.39 is 5.67 Å². The first-order valence-corrected chi connectivity index (χ1v) is 8.51. The second-order valence-electron chi connectivity index (χ2n) is 6.21. The molecular formula is C20H16FN3O3. The first-order chi connectivity index (χ1) is 13.1. The van der Waals surface area contributed by atoms with Crippen molar-refractivity contribution < 1.29 is 18.4 Å². The van der Waals surface area contributed by atoms with Crippen LogP contribution < -0.4 is 4.74 Å². The minimum atomic E-state index is -1.41. The maximum Gasteiger partial charge on any atom is 0.258 e. The molecule has 0 N–H and O–H groups in total. The highest BCUT2D eigenvalue weighted by molar-refractivity contribution is 5.63. The third-order valence-corrected chi connectivity index (χ3v) is 4.39. The maximum atomic E-state index is 14.3. The van der Waals surface area contributed by atoms with Crippen LogP contribution in [0.5, 0.6) is 5.75 Å². The van der Waals surface area contributed by atoms with Crippen LogP contribution in [0.4, 0.5) is 4.39 Å². The fraction of sp³-hybridized carbons (Fsp3) is 0.250. The monoisotopic (exact) mass is 365 g/mol. The lowest BCUT2D eigenvalue weighted by molar-refractivity contribution is -0.135. The molecule has 4 rings (SSSR count). The van der Waals surface area contributed by atoms with Crippen molar-refractivity contribution in [3.05, 3.63) is 53.6 Å². The Morgan fingerprint density at radius 2 is 1.93 bits per heavy atom. The van der Waals surface area contributed by atoms with E-state index in [2.05, 4.69) is 16.2 Å². The van der Waals surface area contributed by atoms with Gasteiger partial charge in [0, 0.05) is 11.1 Å². The van der Waals surface area contributed by atoms with Crippen molar-refractivity contribution in [3.63, 3.8) is 0 Å². The molecule has 1 saturated heterocycles. The van der Waals surface area contributed by atoms with Gasteiger partial charge in [-0.1, -0.05) is 29.4 Å². The molecule has 136 valence electrons. The summed E-state index contributed by atoms with van der Waals surface area (Å²) < 4.78 is 30.0. The minimum absolute atomic E-state index is 0.0810.